The number of benzene rings is 1. The number of imide groups is 1. The van der Waals surface area contributed by atoms with Crippen molar-refractivity contribution in [3.8, 4) is 0 Å². The van der Waals surface area contributed by atoms with Gasteiger partial charge in [-0.15, -0.1) is 0 Å². The Labute approximate surface area is 153 Å². The smallest absolute Gasteiger partial charge is 0.232 e. The number of fused-ring (bicyclic) bond motifs is 1. The molecule has 138 valence electrons. The van der Waals surface area contributed by atoms with E-state index in [1.54, 1.807) is 0 Å². The lowest BCUT2D eigenvalue weighted by Crippen LogP contribution is -2.44. The summed E-state index contributed by atoms with van der Waals surface area (Å²) >= 11 is 0. The van der Waals surface area contributed by atoms with E-state index < -0.39 is 0 Å². The Morgan fingerprint density at radius 2 is 1.96 bits per heavy atom. The Balaban J connectivity index is 1.54. The van der Waals surface area contributed by atoms with Crippen LogP contribution in [0.5, 0.6) is 0 Å². The number of carbonyl (C=O) groups excluding carboxylic acids is 3. The fourth-order valence-electron chi connectivity index (χ4n) is 4.69. The van der Waals surface area contributed by atoms with Crippen molar-refractivity contribution in [1.29, 1.82) is 0 Å². The molecule has 1 saturated carbocycles. The molecule has 2 N–H and O–H groups in total. The largest absolute Gasteiger partial charge is 0.325 e. The lowest BCUT2D eigenvalue weighted by Gasteiger charge is -2.37. The van der Waals surface area contributed by atoms with Gasteiger partial charge in [0.15, 0.2) is 0 Å². The molecule has 2 heterocycles. The summed E-state index contributed by atoms with van der Waals surface area (Å²) in [5, 5.41) is 6.52. The summed E-state index contributed by atoms with van der Waals surface area (Å²) in [7, 11) is 0. The van der Waals surface area contributed by atoms with Gasteiger partial charge >= 0.3 is 0 Å². The van der Waals surface area contributed by atoms with Crippen LogP contribution in [0, 0.1) is 11.3 Å². The van der Waals surface area contributed by atoms with Crippen LogP contribution in [0.25, 0.3) is 0 Å². The number of carbonyl (C=O) groups is 3. The minimum atomic E-state index is -0.329. The van der Waals surface area contributed by atoms with Gasteiger partial charge in [-0.25, -0.2) is 0 Å². The predicted molar refractivity (Wildman–Crippen MR) is 97.1 cm³/mol. The van der Waals surface area contributed by atoms with Crippen LogP contribution in [-0.2, 0) is 20.9 Å². The van der Waals surface area contributed by atoms with Gasteiger partial charge in [0, 0.05) is 25.1 Å². The summed E-state index contributed by atoms with van der Waals surface area (Å²) in [6.45, 7) is 1.86. The van der Waals surface area contributed by atoms with E-state index >= 15 is 0 Å². The molecule has 3 aliphatic rings. The second-order valence-corrected chi connectivity index (χ2v) is 7.71. The Morgan fingerprint density at radius 1 is 1.19 bits per heavy atom. The Kier molecular flexibility index (Phi) is 4.53. The van der Waals surface area contributed by atoms with Gasteiger partial charge in [-0.05, 0) is 36.9 Å². The minimum absolute atomic E-state index is 0.0683. The highest BCUT2D eigenvalue weighted by Crippen LogP contribution is 2.44. The van der Waals surface area contributed by atoms with E-state index in [1.807, 2.05) is 24.3 Å². The summed E-state index contributed by atoms with van der Waals surface area (Å²) in [4.78, 5) is 38.3. The minimum Gasteiger partial charge on any atom is -0.325 e. The van der Waals surface area contributed by atoms with E-state index in [1.165, 1.54) is 11.3 Å². The zero-order valence-electron chi connectivity index (χ0n) is 14.9. The maximum atomic E-state index is 13.2. The molecule has 6 heteroatoms. The van der Waals surface area contributed by atoms with Gasteiger partial charge in [0.25, 0.3) is 0 Å². The molecule has 0 radical (unpaired) electrons. The summed E-state index contributed by atoms with van der Waals surface area (Å²) in [6.07, 6.45) is 4.86. The van der Waals surface area contributed by atoms with E-state index in [0.29, 0.717) is 11.6 Å². The molecule has 0 aromatic heterocycles. The Bertz CT molecular complexity index is 732. The molecule has 1 aromatic carbocycles. The third kappa shape index (κ3) is 2.92. The van der Waals surface area contributed by atoms with E-state index in [-0.39, 0.29) is 42.5 Å². The number of rotatable bonds is 4. The Hall–Kier alpha value is -2.21. The van der Waals surface area contributed by atoms with Crippen molar-refractivity contribution in [3.05, 3.63) is 29.8 Å². The van der Waals surface area contributed by atoms with Crippen LogP contribution in [0.4, 0.5) is 5.69 Å². The topological polar surface area (TPSA) is 78.5 Å². The molecule has 2 aliphatic heterocycles. The normalized spacial score (nSPS) is 28.3. The van der Waals surface area contributed by atoms with Crippen LogP contribution >= 0.6 is 0 Å². The molecule has 2 atom stereocenters. The maximum Gasteiger partial charge on any atom is 0.232 e. The molecule has 1 aromatic rings. The second kappa shape index (κ2) is 6.83. The number of amides is 3. The first-order valence-electron chi connectivity index (χ1n) is 9.53. The van der Waals surface area contributed by atoms with Gasteiger partial charge in [-0.2, -0.15) is 0 Å². The van der Waals surface area contributed by atoms with Crippen molar-refractivity contribution in [2.75, 3.05) is 18.4 Å². The van der Waals surface area contributed by atoms with Crippen LogP contribution < -0.4 is 10.6 Å². The number of hydrogen-bond acceptors (Lipinski definition) is 4. The van der Waals surface area contributed by atoms with Crippen LogP contribution in [-0.4, -0.2) is 35.7 Å². The first-order chi connectivity index (χ1) is 12.6. The first-order valence-corrected chi connectivity index (χ1v) is 9.53. The van der Waals surface area contributed by atoms with E-state index in [2.05, 4.69) is 10.6 Å². The lowest BCUT2D eigenvalue weighted by atomic mass is 9.67. The monoisotopic (exact) mass is 355 g/mol. The third-order valence-electron chi connectivity index (χ3n) is 6.24. The van der Waals surface area contributed by atoms with Gasteiger partial charge in [-0.1, -0.05) is 31.0 Å². The van der Waals surface area contributed by atoms with Crippen molar-refractivity contribution in [3.63, 3.8) is 0 Å². The quantitative estimate of drug-likeness (QED) is 0.811. The van der Waals surface area contributed by atoms with E-state index in [0.717, 1.165) is 37.9 Å². The maximum absolute atomic E-state index is 13.2. The molecule has 4 rings (SSSR count). The van der Waals surface area contributed by atoms with Crippen molar-refractivity contribution in [2.45, 2.75) is 45.1 Å². The molecule has 0 spiro atoms. The van der Waals surface area contributed by atoms with Crippen LogP contribution in [0.2, 0.25) is 0 Å². The van der Waals surface area contributed by atoms with E-state index in [9.17, 15) is 14.4 Å². The molecule has 26 heavy (non-hydrogen) atoms. The van der Waals surface area contributed by atoms with Gasteiger partial charge in [0.1, 0.15) is 0 Å². The average Bonchev–Trinajstić information content (AvgIpc) is 3.22. The number of hydrogen-bond donors (Lipinski definition) is 2. The Morgan fingerprint density at radius 3 is 2.77 bits per heavy atom. The predicted octanol–water partition coefficient (Wildman–Crippen LogP) is 2.05. The van der Waals surface area contributed by atoms with Gasteiger partial charge < -0.3 is 10.6 Å². The lowest BCUT2D eigenvalue weighted by molar-refractivity contribution is -0.139. The zero-order chi connectivity index (χ0) is 18.1. The first kappa shape index (κ1) is 17.2. The number of para-hydroxylation sites is 1. The zero-order valence-corrected chi connectivity index (χ0v) is 14.9. The summed E-state index contributed by atoms with van der Waals surface area (Å²) in [5.41, 5.74) is 1.18. The number of nitrogens with zero attached hydrogens (tertiary/aromatic N) is 1. The number of likely N-dealkylation sites (tertiary alicyclic amines) is 1. The van der Waals surface area contributed by atoms with Crippen molar-refractivity contribution < 1.29 is 14.4 Å². The molecule has 3 amide bonds. The number of anilines is 1. The highest BCUT2D eigenvalue weighted by atomic mass is 16.2. The highest BCUT2D eigenvalue weighted by Gasteiger charge is 2.49. The van der Waals surface area contributed by atoms with Gasteiger partial charge in [0.2, 0.25) is 17.7 Å². The molecule has 1 aliphatic carbocycles. The van der Waals surface area contributed by atoms with Crippen LogP contribution in [0.15, 0.2) is 24.3 Å². The second-order valence-electron chi connectivity index (χ2n) is 7.71. The summed E-state index contributed by atoms with van der Waals surface area (Å²) in [5.74, 6) is 0.188. The molecule has 2 saturated heterocycles. The summed E-state index contributed by atoms with van der Waals surface area (Å²) in [6, 6.07) is 7.47. The molecular formula is C20H25N3O3. The van der Waals surface area contributed by atoms with Gasteiger partial charge in [0.05, 0.1) is 12.0 Å². The van der Waals surface area contributed by atoms with E-state index in [4.69, 9.17) is 0 Å². The summed E-state index contributed by atoms with van der Waals surface area (Å²) < 4.78 is 0. The number of nitrogens with one attached hydrogen (secondary N) is 2. The van der Waals surface area contributed by atoms with Gasteiger partial charge in [-0.3, -0.25) is 19.3 Å². The fourth-order valence-corrected chi connectivity index (χ4v) is 4.69. The molecule has 0 unspecified atom stereocenters. The SMILES string of the molecule is O=C1CCC(=O)N1Cc1ccccc1NC(=O)[C@@]12CCCC[C@H]1CNC2. The van der Waals surface area contributed by atoms with Crippen molar-refractivity contribution in [1.82, 2.24) is 10.2 Å². The third-order valence-corrected chi connectivity index (χ3v) is 6.24. The van der Waals surface area contributed by atoms with Crippen LogP contribution in [0.3, 0.4) is 0 Å². The highest BCUT2D eigenvalue weighted by molar-refractivity contribution is 6.02. The van der Waals surface area contributed by atoms with Crippen molar-refractivity contribution >= 4 is 23.4 Å². The molecular weight excluding hydrogens is 330 g/mol. The standard InChI is InChI=1S/C20H25N3O3/c24-17-8-9-18(25)23(17)12-14-5-1-2-7-16(14)22-19(26)20-10-4-3-6-15(20)11-21-13-20/h1-2,5,7,15,21H,3-4,6,8-13H2,(H,22,26)/t15-,20+/m0/s1. The molecule has 6 nitrogen and oxygen atoms in total. The fraction of sp³-hybridized carbons (Fsp3) is 0.550. The average molecular weight is 355 g/mol. The molecule has 3 fully saturated rings. The van der Waals surface area contributed by atoms with Crippen molar-refractivity contribution in [2.24, 2.45) is 11.3 Å². The molecule has 0 bridgehead atoms. The van der Waals surface area contributed by atoms with Crippen LogP contribution in [0.1, 0.15) is 44.1 Å².